The lowest BCUT2D eigenvalue weighted by molar-refractivity contribution is 0.175. The molecule has 0 aromatic heterocycles. The molecular weight excluding hydrogens is 222 g/mol. The van der Waals surface area contributed by atoms with Crippen LogP contribution in [-0.4, -0.2) is 35.6 Å². The van der Waals surface area contributed by atoms with E-state index in [2.05, 4.69) is 37.1 Å². The van der Waals surface area contributed by atoms with Crippen LogP contribution in [0.3, 0.4) is 0 Å². The van der Waals surface area contributed by atoms with Gasteiger partial charge in [-0.25, -0.2) is 0 Å². The highest BCUT2D eigenvalue weighted by molar-refractivity contribution is 5.09. The Hall–Kier alpha value is -0.590. The van der Waals surface area contributed by atoms with Gasteiger partial charge in [-0.1, -0.05) is 19.8 Å². The molecule has 1 aliphatic rings. The molecule has 104 valence electrons. The third-order valence-electron chi connectivity index (χ3n) is 3.65. The summed E-state index contributed by atoms with van der Waals surface area (Å²) in [5.41, 5.74) is -0.391. The molecule has 18 heavy (non-hydrogen) atoms. The van der Waals surface area contributed by atoms with Gasteiger partial charge in [-0.2, -0.15) is 5.26 Å². The first-order valence-corrected chi connectivity index (χ1v) is 7.43. The maximum absolute atomic E-state index is 9.43. The van der Waals surface area contributed by atoms with Crippen molar-refractivity contribution in [3.63, 3.8) is 0 Å². The second kappa shape index (κ2) is 7.11. The minimum Gasteiger partial charge on any atom is -0.298 e. The highest BCUT2D eigenvalue weighted by Gasteiger charge is 2.34. The van der Waals surface area contributed by atoms with Gasteiger partial charge < -0.3 is 0 Å². The smallest absolute Gasteiger partial charge is 0.116 e. The van der Waals surface area contributed by atoms with Crippen molar-refractivity contribution in [2.24, 2.45) is 0 Å². The van der Waals surface area contributed by atoms with Crippen LogP contribution in [0.15, 0.2) is 0 Å². The first-order chi connectivity index (χ1) is 8.50. The van der Waals surface area contributed by atoms with Gasteiger partial charge in [0, 0.05) is 18.6 Å². The van der Waals surface area contributed by atoms with Crippen molar-refractivity contribution in [1.29, 1.82) is 5.26 Å². The first kappa shape index (κ1) is 15.5. The molecule has 0 heterocycles. The average Bonchev–Trinajstić information content (AvgIpc) is 3.11. The Balaban J connectivity index is 2.48. The second-order valence-electron chi connectivity index (χ2n) is 6.13. The van der Waals surface area contributed by atoms with Crippen molar-refractivity contribution in [2.45, 2.75) is 77.4 Å². The molecule has 1 N–H and O–H groups in total. The molecule has 0 radical (unpaired) electrons. The maximum atomic E-state index is 9.43. The lowest BCUT2D eigenvalue weighted by Crippen LogP contribution is -2.53. The summed E-state index contributed by atoms with van der Waals surface area (Å²) in [6.45, 7) is 10.7. The highest BCUT2D eigenvalue weighted by atomic mass is 15.2. The van der Waals surface area contributed by atoms with Crippen LogP contribution in [0, 0.1) is 11.3 Å². The Morgan fingerprint density at radius 2 is 2.06 bits per heavy atom. The zero-order chi connectivity index (χ0) is 13.6. The van der Waals surface area contributed by atoms with Gasteiger partial charge in [0.1, 0.15) is 5.54 Å². The van der Waals surface area contributed by atoms with E-state index in [1.54, 1.807) is 0 Å². The maximum Gasteiger partial charge on any atom is 0.116 e. The van der Waals surface area contributed by atoms with E-state index in [-0.39, 0.29) is 0 Å². The molecule has 1 unspecified atom stereocenters. The third kappa shape index (κ3) is 5.37. The van der Waals surface area contributed by atoms with Crippen molar-refractivity contribution in [3.05, 3.63) is 0 Å². The largest absolute Gasteiger partial charge is 0.298 e. The average molecular weight is 251 g/mol. The number of unbranched alkanes of at least 4 members (excludes halogenated alkanes) is 2. The summed E-state index contributed by atoms with van der Waals surface area (Å²) in [4.78, 5) is 2.44. The molecule has 0 bridgehead atoms. The van der Waals surface area contributed by atoms with Crippen LogP contribution < -0.4 is 5.32 Å². The first-order valence-electron chi connectivity index (χ1n) is 7.43. The van der Waals surface area contributed by atoms with Crippen LogP contribution >= 0.6 is 0 Å². The number of hydrogen-bond donors (Lipinski definition) is 1. The van der Waals surface area contributed by atoms with E-state index in [1.807, 2.05) is 6.92 Å². The van der Waals surface area contributed by atoms with Crippen molar-refractivity contribution in [2.75, 3.05) is 13.1 Å². The van der Waals surface area contributed by atoms with E-state index in [0.717, 1.165) is 13.1 Å². The Labute approximate surface area is 113 Å². The van der Waals surface area contributed by atoms with E-state index >= 15 is 0 Å². The molecule has 1 rings (SSSR count). The van der Waals surface area contributed by atoms with Crippen LogP contribution in [-0.2, 0) is 0 Å². The Bertz CT molecular complexity index is 278. The molecule has 1 atom stereocenters. The summed E-state index contributed by atoms with van der Waals surface area (Å²) in [5.74, 6) is 0. The van der Waals surface area contributed by atoms with Gasteiger partial charge in [-0.15, -0.1) is 0 Å². The van der Waals surface area contributed by atoms with E-state index < -0.39 is 5.54 Å². The Morgan fingerprint density at radius 1 is 1.39 bits per heavy atom. The molecule has 3 nitrogen and oxygen atoms in total. The molecule has 0 aliphatic heterocycles. The molecule has 1 fully saturated rings. The molecule has 0 saturated heterocycles. The molecule has 3 heteroatoms. The van der Waals surface area contributed by atoms with Gasteiger partial charge in [-0.05, 0) is 46.6 Å². The SMILES string of the molecule is CCCCCN(CC(C)(C#N)NC1CC1)C(C)C. The number of nitriles is 1. The minimum atomic E-state index is -0.391. The Morgan fingerprint density at radius 3 is 2.50 bits per heavy atom. The highest BCUT2D eigenvalue weighted by Crippen LogP contribution is 2.23. The van der Waals surface area contributed by atoms with Gasteiger partial charge >= 0.3 is 0 Å². The Kier molecular flexibility index (Phi) is 6.11. The molecule has 0 aromatic carbocycles. The van der Waals surface area contributed by atoms with Crippen LogP contribution in [0.25, 0.3) is 0 Å². The van der Waals surface area contributed by atoms with E-state index in [0.29, 0.717) is 12.1 Å². The monoisotopic (exact) mass is 251 g/mol. The number of nitrogens with one attached hydrogen (secondary N) is 1. The number of hydrogen-bond acceptors (Lipinski definition) is 3. The zero-order valence-electron chi connectivity index (χ0n) is 12.5. The third-order valence-corrected chi connectivity index (χ3v) is 3.65. The fourth-order valence-electron chi connectivity index (χ4n) is 2.28. The molecule has 0 amide bonds. The quantitative estimate of drug-likeness (QED) is 0.640. The van der Waals surface area contributed by atoms with Crippen LogP contribution in [0.4, 0.5) is 0 Å². The summed E-state index contributed by atoms with van der Waals surface area (Å²) in [6, 6.07) is 3.57. The molecule has 0 spiro atoms. The topological polar surface area (TPSA) is 39.1 Å². The van der Waals surface area contributed by atoms with Gasteiger partial charge in [0.2, 0.25) is 0 Å². The fourth-order valence-corrected chi connectivity index (χ4v) is 2.28. The fraction of sp³-hybridized carbons (Fsp3) is 0.933. The molecular formula is C15H29N3. The lowest BCUT2D eigenvalue weighted by Gasteiger charge is -2.34. The summed E-state index contributed by atoms with van der Waals surface area (Å²) in [6.07, 6.45) is 6.23. The normalized spacial score (nSPS) is 18.9. The van der Waals surface area contributed by atoms with Crippen molar-refractivity contribution in [3.8, 4) is 6.07 Å². The summed E-state index contributed by atoms with van der Waals surface area (Å²) in [5, 5.41) is 12.9. The van der Waals surface area contributed by atoms with Crippen LogP contribution in [0.5, 0.6) is 0 Å². The minimum absolute atomic E-state index is 0.391. The summed E-state index contributed by atoms with van der Waals surface area (Å²) >= 11 is 0. The summed E-state index contributed by atoms with van der Waals surface area (Å²) in [7, 11) is 0. The van der Waals surface area contributed by atoms with Gasteiger partial charge in [0.15, 0.2) is 0 Å². The molecule has 0 aromatic rings. The predicted molar refractivity (Wildman–Crippen MR) is 76.4 cm³/mol. The van der Waals surface area contributed by atoms with Crippen LogP contribution in [0.2, 0.25) is 0 Å². The molecule has 1 aliphatic carbocycles. The van der Waals surface area contributed by atoms with Crippen molar-refractivity contribution in [1.82, 2.24) is 10.2 Å². The standard InChI is InChI=1S/C15H29N3/c1-5-6-7-10-18(13(2)3)12-15(4,11-16)17-14-8-9-14/h13-14,17H,5-10,12H2,1-4H3. The number of rotatable bonds is 9. The van der Waals surface area contributed by atoms with Gasteiger partial charge in [0.25, 0.3) is 0 Å². The summed E-state index contributed by atoms with van der Waals surface area (Å²) < 4.78 is 0. The van der Waals surface area contributed by atoms with Crippen molar-refractivity contribution < 1.29 is 0 Å². The predicted octanol–water partition coefficient (Wildman–Crippen LogP) is 2.92. The van der Waals surface area contributed by atoms with E-state index in [4.69, 9.17) is 0 Å². The van der Waals surface area contributed by atoms with Crippen molar-refractivity contribution >= 4 is 0 Å². The van der Waals surface area contributed by atoms with Gasteiger partial charge in [0.05, 0.1) is 6.07 Å². The van der Waals surface area contributed by atoms with E-state index in [9.17, 15) is 5.26 Å². The van der Waals surface area contributed by atoms with E-state index in [1.165, 1.54) is 32.1 Å². The lowest BCUT2D eigenvalue weighted by atomic mass is 10.0. The number of nitrogens with zero attached hydrogens (tertiary/aromatic N) is 2. The van der Waals surface area contributed by atoms with Gasteiger partial charge in [-0.3, -0.25) is 10.2 Å². The zero-order valence-corrected chi connectivity index (χ0v) is 12.5. The van der Waals surface area contributed by atoms with Crippen LogP contribution in [0.1, 0.15) is 59.8 Å². The molecule has 1 saturated carbocycles. The second-order valence-corrected chi connectivity index (χ2v) is 6.13.